The Hall–Kier alpha value is -2.91. The Bertz CT molecular complexity index is 1240. The third-order valence-corrected chi connectivity index (χ3v) is 7.36. The molecule has 190 valence electrons. The molecule has 1 N–H and O–H groups in total. The number of nitrogens with zero attached hydrogens (tertiary/aromatic N) is 3. The fraction of sp³-hybridized carbons (Fsp3) is 0.444. The van der Waals surface area contributed by atoms with E-state index in [1.54, 1.807) is 7.11 Å². The normalized spacial score (nSPS) is 19.8. The zero-order valence-electron chi connectivity index (χ0n) is 20.8. The van der Waals surface area contributed by atoms with Crippen LogP contribution < -0.4 is 14.8 Å². The highest BCUT2D eigenvalue weighted by Crippen LogP contribution is 2.41. The molecule has 3 aromatic rings. The van der Waals surface area contributed by atoms with Gasteiger partial charge >= 0.3 is 0 Å². The number of likely N-dealkylation sites (tertiary alicyclic amines) is 1. The van der Waals surface area contributed by atoms with Crippen LogP contribution in [0, 0.1) is 5.92 Å². The Morgan fingerprint density at radius 2 is 2.03 bits per heavy atom. The van der Waals surface area contributed by atoms with Gasteiger partial charge in [0.25, 0.3) is 0 Å². The van der Waals surface area contributed by atoms with Gasteiger partial charge in [-0.1, -0.05) is 33.2 Å². The fourth-order valence-corrected chi connectivity index (χ4v) is 5.38. The van der Waals surface area contributed by atoms with E-state index in [2.05, 4.69) is 36.3 Å². The average molecular weight is 555 g/mol. The maximum atomic E-state index is 13.2. The van der Waals surface area contributed by atoms with Crippen LogP contribution in [0.2, 0.25) is 0 Å². The molecule has 2 aliphatic heterocycles. The molecule has 5 rings (SSSR count). The number of carbonyl (C=O) groups excluding carboxylic acids is 1. The zero-order valence-corrected chi connectivity index (χ0v) is 22.4. The molecule has 0 saturated carbocycles. The zero-order chi connectivity index (χ0) is 25.3. The quantitative estimate of drug-likeness (QED) is 0.451. The number of rotatable bonds is 6. The van der Waals surface area contributed by atoms with Crippen molar-refractivity contribution in [2.75, 3.05) is 20.2 Å². The Morgan fingerprint density at radius 1 is 1.22 bits per heavy atom. The van der Waals surface area contributed by atoms with Crippen LogP contribution in [0.5, 0.6) is 11.5 Å². The van der Waals surface area contributed by atoms with Crippen LogP contribution in [-0.4, -0.2) is 46.7 Å². The number of ether oxygens (including phenoxy) is 2. The number of carbonyl (C=O) groups is 1. The molecule has 0 spiro atoms. The number of halogens is 1. The molecule has 1 unspecified atom stereocenters. The predicted octanol–water partition coefficient (Wildman–Crippen LogP) is 5.14. The number of nitrogens with one attached hydrogen (secondary N) is 1. The van der Waals surface area contributed by atoms with Crippen LogP contribution in [-0.2, 0) is 11.3 Å². The molecule has 36 heavy (non-hydrogen) atoms. The minimum atomic E-state index is -0.376. The molecule has 2 aliphatic rings. The van der Waals surface area contributed by atoms with Crippen molar-refractivity contribution in [1.82, 2.24) is 20.4 Å². The van der Waals surface area contributed by atoms with E-state index < -0.39 is 0 Å². The van der Waals surface area contributed by atoms with E-state index in [0.717, 1.165) is 53.0 Å². The Balaban J connectivity index is 1.17. The molecular weight excluding hydrogens is 524 g/mol. The van der Waals surface area contributed by atoms with E-state index in [1.807, 2.05) is 56.3 Å². The first-order valence-electron chi connectivity index (χ1n) is 12.3. The number of benzene rings is 2. The molecule has 1 saturated heterocycles. The summed E-state index contributed by atoms with van der Waals surface area (Å²) in [6, 6.07) is 13.5. The first-order chi connectivity index (χ1) is 17.3. The summed E-state index contributed by atoms with van der Waals surface area (Å²) in [6.45, 7) is 6.29. The summed E-state index contributed by atoms with van der Waals surface area (Å²) < 4.78 is 18.0. The molecule has 1 fully saturated rings. The highest BCUT2D eigenvalue weighted by molar-refractivity contribution is 9.10. The Labute approximate surface area is 219 Å². The summed E-state index contributed by atoms with van der Waals surface area (Å²) in [6.07, 6.45) is 2.30. The van der Waals surface area contributed by atoms with Crippen molar-refractivity contribution in [3.63, 3.8) is 0 Å². The van der Waals surface area contributed by atoms with Crippen molar-refractivity contribution < 1.29 is 18.8 Å². The lowest BCUT2D eigenvalue weighted by Crippen LogP contribution is -2.45. The number of methoxy groups -OCH3 is 1. The second-order valence-electron chi connectivity index (χ2n) is 10.1. The third kappa shape index (κ3) is 5.57. The van der Waals surface area contributed by atoms with Crippen molar-refractivity contribution in [2.45, 2.75) is 51.3 Å². The van der Waals surface area contributed by atoms with Gasteiger partial charge in [-0.15, -0.1) is 0 Å². The first kappa shape index (κ1) is 24.8. The maximum Gasteiger partial charge on any atom is 0.241 e. The molecule has 9 heteroatoms. The number of hydrogen-bond acceptors (Lipinski definition) is 7. The maximum absolute atomic E-state index is 13.2. The smallest absolute Gasteiger partial charge is 0.241 e. The minimum Gasteiger partial charge on any atom is -0.497 e. The lowest BCUT2D eigenvalue weighted by molar-refractivity contribution is -0.127. The molecule has 2 aromatic carbocycles. The van der Waals surface area contributed by atoms with Crippen molar-refractivity contribution in [3.8, 4) is 22.9 Å². The molecule has 0 radical (unpaired) electrons. The second-order valence-corrected chi connectivity index (χ2v) is 11.0. The van der Waals surface area contributed by atoms with Crippen LogP contribution >= 0.6 is 15.9 Å². The van der Waals surface area contributed by atoms with E-state index in [4.69, 9.17) is 14.0 Å². The van der Waals surface area contributed by atoms with Gasteiger partial charge in [-0.2, -0.15) is 4.98 Å². The number of hydrogen-bond donors (Lipinski definition) is 1. The van der Waals surface area contributed by atoms with Crippen LogP contribution in [0.15, 0.2) is 51.5 Å². The van der Waals surface area contributed by atoms with Gasteiger partial charge in [-0.05, 0) is 64.0 Å². The Kier molecular flexibility index (Phi) is 7.03. The van der Waals surface area contributed by atoms with Crippen molar-refractivity contribution in [2.24, 2.45) is 5.92 Å². The predicted molar refractivity (Wildman–Crippen MR) is 139 cm³/mol. The molecule has 8 nitrogen and oxygen atoms in total. The summed E-state index contributed by atoms with van der Waals surface area (Å²) >= 11 is 3.48. The number of amides is 1. The largest absolute Gasteiger partial charge is 0.497 e. The topological polar surface area (TPSA) is 89.7 Å². The molecule has 1 amide bonds. The van der Waals surface area contributed by atoms with E-state index in [-0.39, 0.29) is 23.5 Å². The third-order valence-electron chi connectivity index (χ3n) is 6.86. The fourth-order valence-electron chi connectivity index (χ4n) is 4.99. The minimum absolute atomic E-state index is 0.0196. The van der Waals surface area contributed by atoms with Gasteiger partial charge in [0.2, 0.25) is 17.6 Å². The first-order valence-corrected chi connectivity index (χ1v) is 13.1. The van der Waals surface area contributed by atoms with E-state index >= 15 is 0 Å². The lowest BCUT2D eigenvalue weighted by Gasteiger charge is -2.39. The summed E-state index contributed by atoms with van der Waals surface area (Å²) in [4.78, 5) is 20.0. The summed E-state index contributed by atoms with van der Waals surface area (Å²) in [5.74, 6) is 2.77. The molecule has 0 aliphatic carbocycles. The van der Waals surface area contributed by atoms with Gasteiger partial charge < -0.3 is 19.3 Å². The van der Waals surface area contributed by atoms with Gasteiger partial charge in [0.1, 0.15) is 17.1 Å². The van der Waals surface area contributed by atoms with Crippen LogP contribution in [0.3, 0.4) is 0 Å². The van der Waals surface area contributed by atoms with Gasteiger partial charge in [-0.25, -0.2) is 0 Å². The number of aromatic nitrogens is 2. The summed E-state index contributed by atoms with van der Waals surface area (Å²) in [7, 11) is 1.64. The molecule has 3 heterocycles. The summed E-state index contributed by atoms with van der Waals surface area (Å²) in [5.41, 5.74) is 1.53. The van der Waals surface area contributed by atoms with Gasteiger partial charge in [0.15, 0.2) is 0 Å². The number of piperidine rings is 1. The molecule has 1 atom stereocenters. The van der Waals surface area contributed by atoms with E-state index in [0.29, 0.717) is 24.7 Å². The monoisotopic (exact) mass is 554 g/mol. The van der Waals surface area contributed by atoms with Crippen LogP contribution in [0.4, 0.5) is 0 Å². The Morgan fingerprint density at radius 3 is 2.78 bits per heavy atom. The highest BCUT2D eigenvalue weighted by atomic mass is 79.9. The van der Waals surface area contributed by atoms with Crippen molar-refractivity contribution in [3.05, 3.63) is 58.4 Å². The number of fused-ring (bicyclic) bond motifs is 1. The van der Waals surface area contributed by atoms with Crippen LogP contribution in [0.25, 0.3) is 11.4 Å². The second kappa shape index (κ2) is 10.2. The van der Waals surface area contributed by atoms with Crippen LogP contribution in [0.1, 0.15) is 50.6 Å². The van der Waals surface area contributed by atoms with E-state index in [1.165, 1.54) is 0 Å². The average Bonchev–Trinajstić information content (AvgIpc) is 3.32. The molecule has 1 aromatic heterocycles. The van der Waals surface area contributed by atoms with Gasteiger partial charge in [0.05, 0.1) is 19.7 Å². The van der Waals surface area contributed by atoms with Gasteiger partial charge in [-0.3, -0.25) is 9.69 Å². The van der Waals surface area contributed by atoms with Crippen molar-refractivity contribution in [1.29, 1.82) is 0 Å². The van der Waals surface area contributed by atoms with Gasteiger partial charge in [0, 0.05) is 34.0 Å². The highest BCUT2D eigenvalue weighted by Gasteiger charge is 2.36. The summed E-state index contributed by atoms with van der Waals surface area (Å²) in [5, 5.41) is 7.43. The SMILES string of the molecule is COc1ccc2c(c1)OC(C)(C)CC2NC(=O)C1CCN(Cc2nc(-c3cccc(Br)c3)no2)CC1. The molecular formula is C27H31BrN4O4. The standard InChI is InChI=1S/C27H31BrN4O4/c1-27(2)15-22(21-8-7-20(34-3)14-23(21)35-27)29-26(33)17-9-11-32(12-10-17)16-24-30-25(31-36-24)18-5-4-6-19(28)13-18/h4-8,13-14,17,22H,9-12,15-16H2,1-3H3,(H,29,33). The molecule has 0 bridgehead atoms. The lowest BCUT2D eigenvalue weighted by atomic mass is 9.88. The van der Waals surface area contributed by atoms with Crippen molar-refractivity contribution >= 4 is 21.8 Å². The van der Waals surface area contributed by atoms with E-state index in [9.17, 15) is 4.79 Å².